The summed E-state index contributed by atoms with van der Waals surface area (Å²) >= 11 is 7.72. The lowest BCUT2D eigenvalue weighted by Gasteiger charge is -2.39. The third kappa shape index (κ3) is 21.1. The number of rotatable bonds is 21. The maximum atomic E-state index is 14.1. The molecule has 3 aromatic heterocycles. The van der Waals surface area contributed by atoms with Gasteiger partial charge in [0, 0.05) is 50.5 Å². The van der Waals surface area contributed by atoms with Crippen molar-refractivity contribution in [3.05, 3.63) is 65.7 Å². The normalized spacial score (nSPS) is 27.9. The Labute approximate surface area is 623 Å². The summed E-state index contributed by atoms with van der Waals surface area (Å²) in [4.78, 5) is 90.7. The van der Waals surface area contributed by atoms with Gasteiger partial charge >= 0.3 is 17.9 Å². The number of thioether (sulfide) groups is 2. The van der Waals surface area contributed by atoms with Crippen LogP contribution in [0.1, 0.15) is 296 Å². The molecular formula is C81H117N3O12S5. The average molecular weight is 1490 g/mol. The van der Waals surface area contributed by atoms with Crippen molar-refractivity contribution in [2.45, 2.75) is 288 Å². The summed E-state index contributed by atoms with van der Waals surface area (Å²) in [6.45, 7) is 6.81. The van der Waals surface area contributed by atoms with Gasteiger partial charge in [0.05, 0.1) is 61.5 Å². The Morgan fingerprint density at radius 3 is 1.00 bits per heavy atom. The van der Waals surface area contributed by atoms with Gasteiger partial charge in [0.2, 0.25) is 17.7 Å². The molecule has 15 nitrogen and oxygen atoms in total. The van der Waals surface area contributed by atoms with Gasteiger partial charge in [0.25, 0.3) is 0 Å². The van der Waals surface area contributed by atoms with Crippen molar-refractivity contribution in [2.24, 2.45) is 35.5 Å². The molecule has 6 saturated carbocycles. The van der Waals surface area contributed by atoms with Crippen LogP contribution < -0.4 is 14.7 Å². The number of aliphatic hydroxyl groups excluding tert-OH is 1. The van der Waals surface area contributed by atoms with E-state index in [0.717, 1.165) is 219 Å². The molecule has 20 heteroatoms. The number of nitrogens with zero attached hydrogens (tertiary/aromatic N) is 3. The summed E-state index contributed by atoms with van der Waals surface area (Å²) in [7, 11) is 2.85. The fourth-order valence-electron chi connectivity index (χ4n) is 17.2. The van der Waals surface area contributed by atoms with Crippen molar-refractivity contribution >= 4 is 127 Å². The van der Waals surface area contributed by atoms with Crippen LogP contribution in [0.2, 0.25) is 0 Å². The number of carbonyl (C=O) groups is 6. The molecule has 9 aliphatic rings. The lowest BCUT2D eigenvalue weighted by Crippen LogP contribution is -2.47. The number of anilines is 3. The van der Waals surface area contributed by atoms with E-state index in [1.54, 1.807) is 23.5 Å². The largest absolute Gasteiger partial charge is 0.477 e. The molecule has 0 unspecified atom stereocenters. The summed E-state index contributed by atoms with van der Waals surface area (Å²) in [6, 6.07) is 6.38. The van der Waals surface area contributed by atoms with Crippen molar-refractivity contribution in [1.82, 2.24) is 0 Å². The predicted molar refractivity (Wildman–Crippen MR) is 417 cm³/mol. The van der Waals surface area contributed by atoms with Crippen LogP contribution in [0, 0.1) is 35.5 Å². The highest BCUT2D eigenvalue weighted by atomic mass is 32.2. The smallest absolute Gasteiger partial charge is 0.350 e. The van der Waals surface area contributed by atoms with Crippen LogP contribution in [0.5, 0.6) is 0 Å². The Kier molecular flexibility index (Phi) is 30.9. The Balaban J connectivity index is 0.000000164. The number of esters is 2. The standard InChI is InChI=1S/C28H41NO4S2.C27H39NO4S2.C26H37NO4S/c1-19-9-11-21(12-10-19)27(30)29(22-13-15-23(16-14-22)33-18-34-3)24-17-25(20-7-5-4-6-8-20)35-26(24)28(31)32-2;1-18-8-10-20(11-9-18)26(29)28(21-12-14-22(15-13-21)32-17-33-2)23-16-24(34-25(23)27(30)31)19-6-4-3-5-7-19;1-17-8-10-19(11-9-17)25(29)27(20-12-14-21(28)15-13-20)22-16-23(18-6-4-3-5-7-18)32-24(22)26(30)31-2/h7,17,19,21-23H,4-6,8-16,18H2,1-3H3;6,16,18,20-22H,3-5,7-15,17H2,1-2H3,(H,30,31);6,16-17,19-21,28H,3-5,7-15H2,1-2H3. The fraction of sp³-hybridized carbons (Fsp3) is 0.704. The second kappa shape index (κ2) is 39.4. The summed E-state index contributed by atoms with van der Waals surface area (Å²) < 4.78 is 22.3. The Hall–Kier alpha value is -4.28. The monoisotopic (exact) mass is 1480 g/mol. The molecule has 3 aromatic rings. The molecule has 3 heterocycles. The number of carbonyl (C=O) groups excluding carboxylic acids is 5. The maximum absolute atomic E-state index is 14.1. The van der Waals surface area contributed by atoms with Crippen LogP contribution >= 0.6 is 57.5 Å². The minimum atomic E-state index is -0.922. The number of carboxylic acids is 1. The van der Waals surface area contributed by atoms with Crippen LogP contribution in [0.15, 0.2) is 36.4 Å². The zero-order chi connectivity index (χ0) is 71.5. The molecule has 3 amide bonds. The van der Waals surface area contributed by atoms with E-state index < -0.39 is 5.97 Å². The van der Waals surface area contributed by atoms with Crippen molar-refractivity contribution < 1.29 is 57.9 Å². The van der Waals surface area contributed by atoms with Crippen LogP contribution in [-0.4, -0.2) is 121 Å². The first kappa shape index (κ1) is 79.3. The predicted octanol–water partition coefficient (Wildman–Crippen LogP) is 20.5. The highest BCUT2D eigenvalue weighted by Gasteiger charge is 2.42. The number of methoxy groups -OCH3 is 2. The number of hydrogen-bond acceptors (Lipinski definition) is 16. The SMILES string of the molecule is COC(=O)c1sc(C2=CCCCC2)cc1N(C(=O)C1CCC(C)CC1)C1CCC(O)CC1.COC(=O)c1sc(C2=CCCCC2)cc1N(C(=O)C1CCC(C)CC1)C1CCC(OCSC)CC1.CSCOC1CCC(N(C(=O)C2CCC(C)CC2)c2cc(C3=CCCCC3)sc2C(=O)O)CC1. The highest BCUT2D eigenvalue weighted by molar-refractivity contribution is 7.98. The topological polar surface area (TPSA) is 190 Å². The average Bonchev–Trinajstić information content (AvgIpc) is 1.67. The number of ether oxygens (including phenoxy) is 4. The number of hydrogen-bond donors (Lipinski definition) is 2. The van der Waals surface area contributed by atoms with E-state index in [2.05, 4.69) is 57.4 Å². The van der Waals surface area contributed by atoms with Gasteiger partial charge in [-0.3, -0.25) is 14.4 Å². The summed E-state index contributed by atoms with van der Waals surface area (Å²) in [5.41, 5.74) is 5.99. The van der Waals surface area contributed by atoms with Gasteiger partial charge in [-0.05, 0) is 296 Å². The minimum absolute atomic E-state index is 0.000515. The molecule has 0 bridgehead atoms. The molecule has 0 atom stereocenters. The van der Waals surface area contributed by atoms with Gasteiger partial charge in [-0.15, -0.1) is 57.5 Å². The third-order valence-corrected chi connectivity index (χ3v) is 27.7. The van der Waals surface area contributed by atoms with Gasteiger partial charge in [0.1, 0.15) is 14.6 Å². The number of carboxylic acid groups (broad SMARTS) is 1. The van der Waals surface area contributed by atoms with Gasteiger partial charge in [0.15, 0.2) is 0 Å². The van der Waals surface area contributed by atoms with E-state index in [9.17, 15) is 39.0 Å². The fourth-order valence-corrected chi connectivity index (χ4v) is 21.1. The zero-order valence-corrected chi connectivity index (χ0v) is 65.7. The van der Waals surface area contributed by atoms with Gasteiger partial charge < -0.3 is 43.9 Å². The number of aromatic carboxylic acids is 1. The second-order valence-corrected chi connectivity index (χ2v) is 35.4. The molecule has 0 spiro atoms. The van der Waals surface area contributed by atoms with Crippen molar-refractivity contribution in [3.8, 4) is 0 Å². The van der Waals surface area contributed by atoms with Crippen molar-refractivity contribution in [1.29, 1.82) is 0 Å². The lowest BCUT2D eigenvalue weighted by molar-refractivity contribution is -0.125. The molecule has 0 aromatic carbocycles. The summed E-state index contributed by atoms with van der Waals surface area (Å²) in [6.07, 6.45) is 46.8. The Morgan fingerprint density at radius 2 is 0.723 bits per heavy atom. The second-order valence-electron chi connectivity index (χ2n) is 30.7. The number of aliphatic hydroxyl groups is 1. The molecule has 0 aliphatic heterocycles. The first-order valence-electron chi connectivity index (χ1n) is 38.7. The number of thiophene rings is 3. The Morgan fingerprint density at radius 1 is 0.426 bits per heavy atom. The molecule has 9 aliphatic carbocycles. The van der Waals surface area contributed by atoms with Gasteiger partial charge in [-0.2, -0.15) is 0 Å². The molecular weight excluding hydrogens is 1370 g/mol. The Bertz CT molecular complexity index is 3300. The highest BCUT2D eigenvalue weighted by Crippen LogP contribution is 2.47. The van der Waals surface area contributed by atoms with Gasteiger partial charge in [-0.1, -0.05) is 39.0 Å². The first-order valence-corrected chi connectivity index (χ1v) is 44.0. The molecule has 12 rings (SSSR count). The number of amides is 3. The quantitative estimate of drug-likeness (QED) is 0.0757. The van der Waals surface area contributed by atoms with Crippen molar-refractivity contribution in [3.63, 3.8) is 0 Å². The van der Waals surface area contributed by atoms with Crippen LogP contribution in [0.25, 0.3) is 16.7 Å². The zero-order valence-electron chi connectivity index (χ0n) is 61.6. The lowest BCUT2D eigenvalue weighted by atomic mass is 9.81. The summed E-state index contributed by atoms with van der Waals surface area (Å²) in [5.74, 6) is 2.39. The summed E-state index contributed by atoms with van der Waals surface area (Å²) in [5, 5.41) is 20.2. The third-order valence-electron chi connectivity index (χ3n) is 23.4. The first-order chi connectivity index (χ1) is 49.0. The molecule has 558 valence electrons. The molecule has 6 fully saturated rings. The van der Waals surface area contributed by atoms with E-state index in [1.807, 2.05) is 27.0 Å². The van der Waals surface area contributed by atoms with E-state index in [4.69, 9.17) is 18.9 Å². The van der Waals surface area contributed by atoms with E-state index in [1.165, 1.54) is 90.6 Å². The van der Waals surface area contributed by atoms with E-state index in [-0.39, 0.29) is 83.9 Å². The molecule has 0 saturated heterocycles. The number of allylic oxidation sites excluding steroid dienone is 6. The van der Waals surface area contributed by atoms with Crippen LogP contribution in [0.4, 0.5) is 17.1 Å². The molecule has 2 N–H and O–H groups in total. The van der Waals surface area contributed by atoms with E-state index in [0.29, 0.717) is 62.8 Å². The van der Waals surface area contributed by atoms with E-state index >= 15 is 0 Å². The molecule has 101 heavy (non-hydrogen) atoms. The van der Waals surface area contributed by atoms with Crippen LogP contribution in [0.3, 0.4) is 0 Å². The van der Waals surface area contributed by atoms with Crippen molar-refractivity contribution in [2.75, 3.05) is 53.3 Å². The van der Waals surface area contributed by atoms with Gasteiger partial charge in [-0.25, -0.2) is 14.4 Å². The maximum Gasteiger partial charge on any atom is 0.350 e. The molecule has 0 radical (unpaired) electrons. The minimum Gasteiger partial charge on any atom is -0.477 e. The van der Waals surface area contributed by atoms with Crippen LogP contribution in [-0.2, 0) is 33.3 Å².